The number of thioether (sulfide) groups is 1. The molecule has 0 aromatic heterocycles. The van der Waals surface area contributed by atoms with Gasteiger partial charge in [0.25, 0.3) is 0 Å². The van der Waals surface area contributed by atoms with Gasteiger partial charge in [0.1, 0.15) is 5.82 Å². The Morgan fingerprint density at radius 2 is 2.06 bits per heavy atom. The quantitative estimate of drug-likeness (QED) is 0.630. The van der Waals surface area contributed by atoms with E-state index in [1.807, 2.05) is 6.07 Å². The van der Waals surface area contributed by atoms with Crippen molar-refractivity contribution in [3.8, 4) is 0 Å². The molecule has 3 nitrogen and oxygen atoms in total. The Morgan fingerprint density at radius 1 is 1.29 bits per heavy atom. The number of hydrogen-bond donors (Lipinski definition) is 2. The van der Waals surface area contributed by atoms with Crippen LogP contribution in [0.15, 0.2) is 23.1 Å². The Balaban J connectivity index is 1.77. The van der Waals surface area contributed by atoms with Crippen molar-refractivity contribution < 1.29 is 4.39 Å². The zero-order valence-electron chi connectivity index (χ0n) is 9.79. The molecule has 0 radical (unpaired) electrons. The first kappa shape index (κ1) is 12.7. The largest absolute Gasteiger partial charge is 0.399 e. The van der Waals surface area contributed by atoms with E-state index in [0.717, 1.165) is 43.4 Å². The minimum Gasteiger partial charge on any atom is -0.399 e. The van der Waals surface area contributed by atoms with Crippen LogP contribution >= 0.6 is 11.8 Å². The first-order valence-electron chi connectivity index (χ1n) is 5.86. The van der Waals surface area contributed by atoms with Crippen molar-refractivity contribution >= 4 is 17.4 Å². The van der Waals surface area contributed by atoms with Gasteiger partial charge in [0.05, 0.1) is 0 Å². The van der Waals surface area contributed by atoms with Gasteiger partial charge >= 0.3 is 0 Å². The predicted molar refractivity (Wildman–Crippen MR) is 70.8 cm³/mol. The summed E-state index contributed by atoms with van der Waals surface area (Å²) in [4.78, 5) is 3.34. The smallest absolute Gasteiger partial charge is 0.126 e. The fourth-order valence-corrected chi connectivity index (χ4v) is 2.90. The highest BCUT2D eigenvalue weighted by Crippen LogP contribution is 2.22. The lowest BCUT2D eigenvalue weighted by Crippen LogP contribution is -2.44. The Kier molecular flexibility index (Phi) is 4.65. The van der Waals surface area contributed by atoms with Crippen molar-refractivity contribution in [3.05, 3.63) is 24.0 Å². The molecule has 2 rings (SSSR count). The van der Waals surface area contributed by atoms with Crippen molar-refractivity contribution in [2.24, 2.45) is 0 Å². The molecule has 17 heavy (non-hydrogen) atoms. The van der Waals surface area contributed by atoms with Gasteiger partial charge in [-0.3, -0.25) is 4.90 Å². The van der Waals surface area contributed by atoms with E-state index < -0.39 is 0 Å². The number of benzene rings is 1. The van der Waals surface area contributed by atoms with E-state index in [9.17, 15) is 4.39 Å². The molecule has 0 atom stereocenters. The maximum absolute atomic E-state index is 13.1. The highest BCUT2D eigenvalue weighted by molar-refractivity contribution is 7.99. The number of nitrogens with two attached hydrogens (primary N) is 1. The molecule has 1 saturated heterocycles. The molecule has 0 spiro atoms. The second-order valence-electron chi connectivity index (χ2n) is 4.16. The van der Waals surface area contributed by atoms with Crippen molar-refractivity contribution in [2.75, 3.05) is 44.2 Å². The molecule has 3 N–H and O–H groups in total. The third-order valence-corrected chi connectivity index (χ3v) is 3.74. The Bertz CT molecular complexity index is 347. The third-order valence-electron chi connectivity index (χ3n) is 2.78. The van der Waals surface area contributed by atoms with Crippen LogP contribution in [0.2, 0.25) is 0 Å². The Morgan fingerprint density at radius 3 is 2.76 bits per heavy atom. The van der Waals surface area contributed by atoms with Crippen LogP contribution in [0.25, 0.3) is 0 Å². The zero-order chi connectivity index (χ0) is 12.1. The molecule has 1 aliphatic heterocycles. The molecular formula is C12H18FN3S. The molecule has 5 heteroatoms. The van der Waals surface area contributed by atoms with Gasteiger partial charge in [-0.2, -0.15) is 0 Å². The molecule has 0 saturated carbocycles. The topological polar surface area (TPSA) is 41.3 Å². The molecule has 0 amide bonds. The fraction of sp³-hybridized carbons (Fsp3) is 0.500. The minimum absolute atomic E-state index is 0.255. The molecule has 0 bridgehead atoms. The number of piperazine rings is 1. The average Bonchev–Trinajstić information content (AvgIpc) is 2.29. The van der Waals surface area contributed by atoms with Gasteiger partial charge in [-0.1, -0.05) is 0 Å². The second kappa shape index (κ2) is 6.23. The number of nitrogens with one attached hydrogen (secondary N) is 1. The van der Waals surface area contributed by atoms with E-state index in [4.69, 9.17) is 5.73 Å². The first-order valence-corrected chi connectivity index (χ1v) is 6.84. The van der Waals surface area contributed by atoms with Gasteiger partial charge in [0.15, 0.2) is 0 Å². The molecule has 94 valence electrons. The maximum atomic E-state index is 13.1. The van der Waals surface area contributed by atoms with Crippen LogP contribution in [-0.4, -0.2) is 43.4 Å². The number of halogens is 1. The molecule has 1 fully saturated rings. The lowest BCUT2D eigenvalue weighted by Gasteiger charge is -2.26. The zero-order valence-corrected chi connectivity index (χ0v) is 10.6. The summed E-state index contributed by atoms with van der Waals surface area (Å²) >= 11 is 1.66. The summed E-state index contributed by atoms with van der Waals surface area (Å²) in [5, 5.41) is 3.32. The number of rotatable bonds is 4. The van der Waals surface area contributed by atoms with Gasteiger partial charge in [-0.05, 0) is 18.2 Å². The maximum Gasteiger partial charge on any atom is 0.126 e. The second-order valence-corrected chi connectivity index (χ2v) is 5.33. The molecule has 1 heterocycles. The standard InChI is InChI=1S/C12H18FN3S/c13-10-7-11(14)9-12(8-10)17-6-5-16-3-1-15-2-4-16/h7-9,15H,1-6,14H2. The van der Waals surface area contributed by atoms with Crippen LogP contribution in [0.1, 0.15) is 0 Å². The highest BCUT2D eigenvalue weighted by atomic mass is 32.2. The Labute approximate surface area is 106 Å². The summed E-state index contributed by atoms with van der Waals surface area (Å²) in [5.74, 6) is 0.720. The van der Waals surface area contributed by atoms with Crippen molar-refractivity contribution in [3.63, 3.8) is 0 Å². The first-order chi connectivity index (χ1) is 8.24. The van der Waals surface area contributed by atoms with E-state index >= 15 is 0 Å². The SMILES string of the molecule is Nc1cc(F)cc(SCCN2CCNCC2)c1. The highest BCUT2D eigenvalue weighted by Gasteiger charge is 2.08. The lowest BCUT2D eigenvalue weighted by molar-refractivity contribution is 0.255. The number of nitrogen functional groups attached to an aromatic ring is 1. The Hall–Kier alpha value is -0.780. The molecule has 1 aliphatic rings. The summed E-state index contributed by atoms with van der Waals surface area (Å²) in [6, 6.07) is 4.71. The van der Waals surface area contributed by atoms with Crippen LogP contribution in [0.5, 0.6) is 0 Å². The molecule has 0 aliphatic carbocycles. The van der Waals surface area contributed by atoms with Crippen molar-refractivity contribution in [1.82, 2.24) is 10.2 Å². The monoisotopic (exact) mass is 255 g/mol. The number of anilines is 1. The van der Waals surface area contributed by atoms with Gasteiger partial charge in [0.2, 0.25) is 0 Å². The molecule has 1 aromatic rings. The predicted octanol–water partition coefficient (Wildman–Crippen LogP) is 1.41. The van der Waals surface area contributed by atoms with Gasteiger partial charge in [-0.25, -0.2) is 4.39 Å². The fourth-order valence-electron chi connectivity index (χ4n) is 1.90. The van der Waals surface area contributed by atoms with E-state index in [1.54, 1.807) is 17.8 Å². The van der Waals surface area contributed by atoms with Crippen LogP contribution in [0, 0.1) is 5.82 Å². The number of nitrogens with zero attached hydrogens (tertiary/aromatic N) is 1. The number of hydrogen-bond acceptors (Lipinski definition) is 4. The van der Waals surface area contributed by atoms with E-state index in [2.05, 4.69) is 10.2 Å². The van der Waals surface area contributed by atoms with Crippen LogP contribution < -0.4 is 11.1 Å². The summed E-state index contributed by atoms with van der Waals surface area (Å²) < 4.78 is 13.1. The lowest BCUT2D eigenvalue weighted by atomic mass is 10.3. The minimum atomic E-state index is -0.255. The molecule has 1 aromatic carbocycles. The van der Waals surface area contributed by atoms with Gasteiger partial charge < -0.3 is 11.1 Å². The van der Waals surface area contributed by atoms with Crippen LogP contribution in [0.4, 0.5) is 10.1 Å². The van der Waals surface area contributed by atoms with Crippen LogP contribution in [0.3, 0.4) is 0 Å². The third kappa shape index (κ3) is 4.18. The van der Waals surface area contributed by atoms with E-state index in [-0.39, 0.29) is 5.82 Å². The normalized spacial score (nSPS) is 17.2. The summed E-state index contributed by atoms with van der Waals surface area (Å²) in [5.41, 5.74) is 6.10. The summed E-state index contributed by atoms with van der Waals surface area (Å²) in [6.45, 7) is 5.38. The summed E-state index contributed by atoms with van der Waals surface area (Å²) in [7, 11) is 0. The van der Waals surface area contributed by atoms with Gasteiger partial charge in [0, 0.05) is 49.1 Å². The van der Waals surface area contributed by atoms with Crippen molar-refractivity contribution in [2.45, 2.75) is 4.90 Å². The van der Waals surface area contributed by atoms with Gasteiger partial charge in [-0.15, -0.1) is 11.8 Å². The molecular weight excluding hydrogens is 237 g/mol. The van der Waals surface area contributed by atoms with Crippen LogP contribution in [-0.2, 0) is 0 Å². The molecule has 0 unspecified atom stereocenters. The average molecular weight is 255 g/mol. The van der Waals surface area contributed by atoms with E-state index in [1.165, 1.54) is 6.07 Å². The van der Waals surface area contributed by atoms with Crippen molar-refractivity contribution in [1.29, 1.82) is 0 Å². The van der Waals surface area contributed by atoms with E-state index in [0.29, 0.717) is 5.69 Å². The summed E-state index contributed by atoms with van der Waals surface area (Å²) in [6.07, 6.45) is 0.